The molecule has 0 atom stereocenters. The molecular formula is C16H19NO3. The standard InChI is InChI=1S/C16H19NO3/c18-13-4-14(17-8-12(13)15(19)20)16-5-9-1-10(6-16)3-11(2-9)7-16/h4,8-11H,1-3,5-7H2,(H,17,18)(H,19,20). The van der Waals surface area contributed by atoms with Gasteiger partial charge in [-0.1, -0.05) is 0 Å². The van der Waals surface area contributed by atoms with Crippen molar-refractivity contribution in [1.82, 2.24) is 4.98 Å². The molecule has 4 aliphatic carbocycles. The molecule has 1 aromatic rings. The number of carbonyl (C=O) groups is 1. The molecule has 4 saturated carbocycles. The van der Waals surface area contributed by atoms with E-state index in [2.05, 4.69) is 4.98 Å². The quantitative estimate of drug-likeness (QED) is 0.870. The van der Waals surface area contributed by atoms with Crippen LogP contribution in [0.4, 0.5) is 0 Å². The molecule has 0 unspecified atom stereocenters. The van der Waals surface area contributed by atoms with Crippen LogP contribution in [0, 0.1) is 17.8 Å². The Kier molecular flexibility index (Phi) is 2.41. The van der Waals surface area contributed by atoms with Crippen LogP contribution in [0.2, 0.25) is 0 Å². The van der Waals surface area contributed by atoms with Crippen molar-refractivity contribution in [3.8, 4) is 0 Å². The Morgan fingerprint density at radius 1 is 1.15 bits per heavy atom. The number of nitrogens with one attached hydrogen (secondary N) is 1. The fourth-order valence-corrected chi connectivity index (χ4v) is 5.39. The number of rotatable bonds is 2. The molecular weight excluding hydrogens is 254 g/mol. The molecule has 106 valence electrons. The maximum Gasteiger partial charge on any atom is 0.341 e. The third-order valence-electron chi connectivity index (χ3n) is 5.75. The van der Waals surface area contributed by atoms with E-state index in [9.17, 15) is 9.59 Å². The largest absolute Gasteiger partial charge is 0.477 e. The van der Waals surface area contributed by atoms with Crippen molar-refractivity contribution in [3.05, 3.63) is 33.7 Å². The molecule has 4 heteroatoms. The van der Waals surface area contributed by atoms with Gasteiger partial charge in [0.1, 0.15) is 5.56 Å². The predicted molar refractivity (Wildman–Crippen MR) is 73.9 cm³/mol. The fourth-order valence-electron chi connectivity index (χ4n) is 5.39. The summed E-state index contributed by atoms with van der Waals surface area (Å²) in [4.78, 5) is 26.1. The number of hydrogen-bond donors (Lipinski definition) is 2. The normalized spacial score (nSPS) is 38.1. The van der Waals surface area contributed by atoms with Gasteiger partial charge in [0.15, 0.2) is 5.43 Å². The summed E-state index contributed by atoms with van der Waals surface area (Å²) < 4.78 is 0. The number of carboxylic acids is 1. The van der Waals surface area contributed by atoms with Gasteiger partial charge in [-0.15, -0.1) is 0 Å². The zero-order valence-electron chi connectivity index (χ0n) is 11.4. The second kappa shape index (κ2) is 3.96. The summed E-state index contributed by atoms with van der Waals surface area (Å²) in [6.45, 7) is 0. The molecule has 4 bridgehead atoms. The Bertz CT molecular complexity index is 596. The molecule has 0 radical (unpaired) electrons. The van der Waals surface area contributed by atoms with Crippen LogP contribution in [0.3, 0.4) is 0 Å². The fraction of sp³-hybridized carbons (Fsp3) is 0.625. The molecule has 0 spiro atoms. The molecule has 2 N–H and O–H groups in total. The number of hydrogen-bond acceptors (Lipinski definition) is 2. The first-order chi connectivity index (χ1) is 9.56. The van der Waals surface area contributed by atoms with Crippen molar-refractivity contribution in [2.24, 2.45) is 17.8 Å². The minimum absolute atomic E-state index is 0.116. The van der Waals surface area contributed by atoms with Crippen molar-refractivity contribution in [3.63, 3.8) is 0 Å². The lowest BCUT2D eigenvalue weighted by molar-refractivity contribution is -0.00727. The SMILES string of the molecule is O=C(O)c1c[nH]c(C23CC4CC(CC(C4)C2)C3)cc1=O. The molecule has 20 heavy (non-hydrogen) atoms. The second-order valence-electron chi connectivity index (χ2n) is 7.13. The van der Waals surface area contributed by atoms with Crippen molar-refractivity contribution in [2.75, 3.05) is 0 Å². The van der Waals surface area contributed by atoms with E-state index in [0.717, 1.165) is 23.4 Å². The van der Waals surface area contributed by atoms with Gasteiger partial charge in [-0.2, -0.15) is 0 Å². The number of aromatic nitrogens is 1. The van der Waals surface area contributed by atoms with Gasteiger partial charge < -0.3 is 10.1 Å². The lowest BCUT2D eigenvalue weighted by Gasteiger charge is -2.56. The summed E-state index contributed by atoms with van der Waals surface area (Å²) in [5.41, 5.74) is 0.581. The number of pyridine rings is 1. The summed E-state index contributed by atoms with van der Waals surface area (Å²) in [6, 6.07) is 1.55. The predicted octanol–water partition coefficient (Wildman–Crippen LogP) is 2.54. The maximum atomic E-state index is 12.0. The molecule has 0 aromatic carbocycles. The number of carboxylic acid groups (broad SMARTS) is 1. The Morgan fingerprint density at radius 3 is 2.15 bits per heavy atom. The summed E-state index contributed by atoms with van der Waals surface area (Å²) in [5, 5.41) is 8.97. The molecule has 1 heterocycles. The highest BCUT2D eigenvalue weighted by atomic mass is 16.4. The Hall–Kier alpha value is -1.58. The average molecular weight is 273 g/mol. The minimum atomic E-state index is -1.15. The smallest absolute Gasteiger partial charge is 0.341 e. The zero-order valence-corrected chi connectivity index (χ0v) is 11.4. The maximum absolute atomic E-state index is 12.0. The van der Waals surface area contributed by atoms with Crippen LogP contribution in [0.5, 0.6) is 0 Å². The van der Waals surface area contributed by atoms with Gasteiger partial charge in [-0.05, 0) is 56.3 Å². The first-order valence-electron chi connectivity index (χ1n) is 7.52. The zero-order chi connectivity index (χ0) is 13.9. The summed E-state index contributed by atoms with van der Waals surface area (Å²) >= 11 is 0. The minimum Gasteiger partial charge on any atom is -0.477 e. The molecule has 1 aromatic heterocycles. The van der Waals surface area contributed by atoms with E-state index in [1.807, 2.05) is 0 Å². The van der Waals surface area contributed by atoms with Crippen LogP contribution in [0.15, 0.2) is 17.1 Å². The summed E-state index contributed by atoms with van der Waals surface area (Å²) in [5.74, 6) is 1.28. The van der Waals surface area contributed by atoms with Crippen LogP contribution in [0.25, 0.3) is 0 Å². The van der Waals surface area contributed by atoms with E-state index < -0.39 is 5.97 Å². The molecule has 0 amide bonds. The Balaban J connectivity index is 1.76. The average Bonchev–Trinajstić information content (AvgIpc) is 2.36. The molecule has 5 rings (SSSR count). The third kappa shape index (κ3) is 1.67. The number of H-pyrrole nitrogens is 1. The van der Waals surface area contributed by atoms with Gasteiger partial charge in [0.2, 0.25) is 0 Å². The molecule has 0 saturated heterocycles. The van der Waals surface area contributed by atoms with Crippen LogP contribution < -0.4 is 5.43 Å². The highest BCUT2D eigenvalue weighted by molar-refractivity contribution is 5.87. The van der Waals surface area contributed by atoms with Gasteiger partial charge in [0.25, 0.3) is 0 Å². The van der Waals surface area contributed by atoms with E-state index in [1.165, 1.54) is 44.7 Å². The van der Waals surface area contributed by atoms with E-state index in [-0.39, 0.29) is 16.4 Å². The van der Waals surface area contributed by atoms with Crippen molar-refractivity contribution >= 4 is 5.97 Å². The topological polar surface area (TPSA) is 70.2 Å². The monoisotopic (exact) mass is 273 g/mol. The molecule has 0 aliphatic heterocycles. The van der Waals surface area contributed by atoms with Gasteiger partial charge in [0, 0.05) is 23.4 Å². The Labute approximate surface area is 117 Å². The molecule has 4 aliphatic rings. The van der Waals surface area contributed by atoms with Crippen molar-refractivity contribution in [2.45, 2.75) is 43.9 Å². The lowest BCUT2D eigenvalue weighted by Crippen LogP contribution is -2.49. The Morgan fingerprint density at radius 2 is 1.70 bits per heavy atom. The third-order valence-corrected chi connectivity index (χ3v) is 5.75. The first-order valence-corrected chi connectivity index (χ1v) is 7.52. The number of aromatic carboxylic acids is 1. The van der Waals surface area contributed by atoms with Crippen LogP contribution in [0.1, 0.15) is 54.6 Å². The van der Waals surface area contributed by atoms with Gasteiger partial charge in [-0.3, -0.25) is 4.79 Å². The van der Waals surface area contributed by atoms with Crippen molar-refractivity contribution < 1.29 is 9.90 Å². The van der Waals surface area contributed by atoms with Gasteiger partial charge >= 0.3 is 5.97 Å². The second-order valence-corrected chi connectivity index (χ2v) is 7.13. The van der Waals surface area contributed by atoms with E-state index in [0.29, 0.717) is 0 Å². The first kappa shape index (κ1) is 12.2. The van der Waals surface area contributed by atoms with Gasteiger partial charge in [0.05, 0.1) is 0 Å². The van der Waals surface area contributed by atoms with Crippen LogP contribution in [-0.4, -0.2) is 16.1 Å². The summed E-state index contributed by atoms with van der Waals surface area (Å²) in [7, 11) is 0. The van der Waals surface area contributed by atoms with Crippen LogP contribution >= 0.6 is 0 Å². The molecule has 4 fully saturated rings. The highest BCUT2D eigenvalue weighted by Gasteiger charge is 2.52. The van der Waals surface area contributed by atoms with E-state index >= 15 is 0 Å². The lowest BCUT2D eigenvalue weighted by atomic mass is 9.49. The van der Waals surface area contributed by atoms with E-state index in [4.69, 9.17) is 5.11 Å². The van der Waals surface area contributed by atoms with Gasteiger partial charge in [-0.25, -0.2) is 4.79 Å². The molecule has 4 nitrogen and oxygen atoms in total. The highest BCUT2D eigenvalue weighted by Crippen LogP contribution is 2.60. The number of aromatic amines is 1. The van der Waals surface area contributed by atoms with Crippen molar-refractivity contribution in [1.29, 1.82) is 0 Å². The van der Waals surface area contributed by atoms with Crippen LogP contribution in [-0.2, 0) is 5.41 Å². The summed E-state index contributed by atoms with van der Waals surface area (Å²) in [6.07, 6.45) is 8.97. The van der Waals surface area contributed by atoms with E-state index in [1.54, 1.807) is 6.07 Å².